The monoisotopic (exact) mass is 295 g/mol. The Balaban J connectivity index is 1.59. The van der Waals surface area contributed by atoms with Gasteiger partial charge in [0.05, 0.1) is 5.69 Å². The molecule has 6 heteroatoms. The number of carboxylic acids is 1. The molecule has 0 saturated heterocycles. The molecule has 0 bridgehead atoms. The Morgan fingerprint density at radius 2 is 2.30 bits per heavy atom. The Morgan fingerprint density at radius 1 is 1.50 bits per heavy atom. The van der Waals surface area contributed by atoms with E-state index in [0.29, 0.717) is 0 Å². The van der Waals surface area contributed by atoms with Crippen molar-refractivity contribution < 1.29 is 9.90 Å². The molecule has 3 rings (SSSR count). The van der Waals surface area contributed by atoms with Crippen molar-refractivity contribution in [1.82, 2.24) is 9.88 Å². The number of carboxylic acid groups (broad SMARTS) is 1. The van der Waals surface area contributed by atoms with Gasteiger partial charge in [0.25, 0.3) is 0 Å². The first-order valence-electron chi connectivity index (χ1n) is 7.31. The van der Waals surface area contributed by atoms with Crippen molar-refractivity contribution in [2.24, 2.45) is 0 Å². The fourth-order valence-corrected chi connectivity index (χ4v) is 3.86. The maximum absolute atomic E-state index is 11.2. The molecule has 1 saturated carbocycles. The topological polar surface area (TPSA) is 65.5 Å². The van der Waals surface area contributed by atoms with Crippen molar-refractivity contribution in [1.29, 1.82) is 0 Å². The third-order valence-corrected chi connectivity index (χ3v) is 5.25. The van der Waals surface area contributed by atoms with E-state index in [4.69, 9.17) is 0 Å². The largest absolute Gasteiger partial charge is 0.481 e. The fourth-order valence-electron chi connectivity index (χ4n) is 2.77. The van der Waals surface area contributed by atoms with Gasteiger partial charge in [-0.25, -0.2) is 4.98 Å². The maximum atomic E-state index is 11.2. The van der Waals surface area contributed by atoms with Gasteiger partial charge in [0.1, 0.15) is 5.92 Å². The van der Waals surface area contributed by atoms with E-state index in [1.54, 1.807) is 11.3 Å². The second-order valence-electron chi connectivity index (χ2n) is 5.75. The third kappa shape index (κ3) is 2.96. The number of rotatable bonds is 6. The van der Waals surface area contributed by atoms with E-state index in [9.17, 15) is 9.90 Å². The standard InChI is InChI=1S/C14H21N3O2S/c1-17(9-5-6-9)8-7-15-14-16-12-10(13(18)19)3-2-4-11(12)20-14/h9-10H,2-8H2,1H3,(H,15,16)(H,18,19). The van der Waals surface area contributed by atoms with Crippen LogP contribution in [-0.4, -0.2) is 47.1 Å². The molecule has 1 fully saturated rings. The van der Waals surface area contributed by atoms with Gasteiger partial charge in [-0.2, -0.15) is 0 Å². The quantitative estimate of drug-likeness (QED) is 0.842. The number of hydrogen-bond donors (Lipinski definition) is 2. The molecule has 2 aliphatic rings. The molecule has 0 aromatic carbocycles. The van der Waals surface area contributed by atoms with Crippen molar-refractivity contribution >= 4 is 22.4 Å². The third-order valence-electron chi connectivity index (χ3n) is 4.16. The smallest absolute Gasteiger partial charge is 0.312 e. The fraction of sp³-hybridized carbons (Fsp3) is 0.714. The second-order valence-corrected chi connectivity index (χ2v) is 6.83. The Morgan fingerprint density at radius 3 is 3.00 bits per heavy atom. The van der Waals surface area contributed by atoms with Crippen LogP contribution in [-0.2, 0) is 11.2 Å². The number of anilines is 1. The van der Waals surface area contributed by atoms with E-state index in [2.05, 4.69) is 22.2 Å². The van der Waals surface area contributed by atoms with Crippen LogP contribution in [0.2, 0.25) is 0 Å². The van der Waals surface area contributed by atoms with Gasteiger partial charge in [-0.05, 0) is 39.2 Å². The highest BCUT2D eigenvalue weighted by Gasteiger charge is 2.30. The van der Waals surface area contributed by atoms with Gasteiger partial charge in [0.2, 0.25) is 0 Å². The summed E-state index contributed by atoms with van der Waals surface area (Å²) in [6, 6.07) is 0.776. The first kappa shape index (κ1) is 13.8. The summed E-state index contributed by atoms with van der Waals surface area (Å²) < 4.78 is 0. The molecular weight excluding hydrogens is 274 g/mol. The molecule has 1 aromatic rings. The van der Waals surface area contributed by atoms with Gasteiger partial charge in [-0.15, -0.1) is 11.3 Å². The van der Waals surface area contributed by atoms with Gasteiger partial charge >= 0.3 is 5.97 Å². The van der Waals surface area contributed by atoms with Gasteiger partial charge < -0.3 is 15.3 Å². The highest BCUT2D eigenvalue weighted by Crippen LogP contribution is 2.36. The predicted molar refractivity (Wildman–Crippen MR) is 79.6 cm³/mol. The minimum Gasteiger partial charge on any atom is -0.481 e. The van der Waals surface area contributed by atoms with Gasteiger partial charge in [-0.3, -0.25) is 4.79 Å². The van der Waals surface area contributed by atoms with E-state index < -0.39 is 11.9 Å². The van der Waals surface area contributed by atoms with Crippen molar-refractivity contribution in [3.05, 3.63) is 10.6 Å². The van der Waals surface area contributed by atoms with E-state index >= 15 is 0 Å². The second kappa shape index (κ2) is 5.69. The minimum atomic E-state index is -0.740. The van der Waals surface area contributed by atoms with Crippen LogP contribution < -0.4 is 5.32 Å². The lowest BCUT2D eigenvalue weighted by Crippen LogP contribution is -2.27. The van der Waals surface area contributed by atoms with Gasteiger partial charge in [-0.1, -0.05) is 0 Å². The number of nitrogens with one attached hydrogen (secondary N) is 1. The Kier molecular flexibility index (Phi) is 3.94. The van der Waals surface area contributed by atoms with E-state index in [-0.39, 0.29) is 0 Å². The van der Waals surface area contributed by atoms with Crippen LogP contribution in [0, 0.1) is 0 Å². The molecule has 0 spiro atoms. The molecule has 0 aliphatic heterocycles. The molecule has 0 radical (unpaired) electrons. The molecule has 2 N–H and O–H groups in total. The molecule has 1 atom stereocenters. The molecule has 0 amide bonds. The zero-order valence-electron chi connectivity index (χ0n) is 11.8. The number of thiazole rings is 1. The highest BCUT2D eigenvalue weighted by molar-refractivity contribution is 7.15. The number of likely N-dealkylation sites (N-methyl/N-ethyl adjacent to an activating group) is 1. The maximum Gasteiger partial charge on any atom is 0.312 e. The molecule has 110 valence electrons. The van der Waals surface area contributed by atoms with Crippen LogP contribution >= 0.6 is 11.3 Å². The minimum absolute atomic E-state index is 0.403. The van der Waals surface area contributed by atoms with E-state index in [1.165, 1.54) is 12.8 Å². The number of carbonyl (C=O) groups is 1. The van der Waals surface area contributed by atoms with Crippen molar-refractivity contribution in [2.45, 2.75) is 44.1 Å². The number of aliphatic carboxylic acids is 1. The summed E-state index contributed by atoms with van der Waals surface area (Å²) in [6.45, 7) is 1.88. The van der Waals surface area contributed by atoms with Crippen molar-refractivity contribution in [3.8, 4) is 0 Å². The summed E-state index contributed by atoms with van der Waals surface area (Å²) in [4.78, 5) is 19.3. The van der Waals surface area contributed by atoms with Crippen LogP contribution in [0.15, 0.2) is 0 Å². The normalized spacial score (nSPS) is 21.8. The van der Waals surface area contributed by atoms with Crippen LogP contribution in [0.3, 0.4) is 0 Å². The molecule has 1 unspecified atom stereocenters. The Labute approximate surface area is 123 Å². The van der Waals surface area contributed by atoms with Crippen molar-refractivity contribution in [3.63, 3.8) is 0 Å². The lowest BCUT2D eigenvalue weighted by molar-refractivity contribution is -0.139. The summed E-state index contributed by atoms with van der Waals surface area (Å²) in [5, 5.41) is 13.5. The van der Waals surface area contributed by atoms with Gasteiger partial charge in [0.15, 0.2) is 5.13 Å². The summed E-state index contributed by atoms with van der Waals surface area (Å²) in [5.41, 5.74) is 0.798. The lowest BCUT2D eigenvalue weighted by atomic mass is 9.91. The van der Waals surface area contributed by atoms with Gasteiger partial charge in [0, 0.05) is 24.0 Å². The van der Waals surface area contributed by atoms with Crippen LogP contribution in [0.1, 0.15) is 42.2 Å². The van der Waals surface area contributed by atoms with Crippen LogP contribution in [0.25, 0.3) is 0 Å². The highest BCUT2D eigenvalue weighted by atomic mass is 32.1. The molecule has 1 heterocycles. The van der Waals surface area contributed by atoms with Crippen molar-refractivity contribution in [2.75, 3.05) is 25.5 Å². The molecular formula is C14H21N3O2S. The molecule has 5 nitrogen and oxygen atoms in total. The number of nitrogens with zero attached hydrogens (tertiary/aromatic N) is 2. The number of hydrogen-bond acceptors (Lipinski definition) is 5. The lowest BCUT2D eigenvalue weighted by Gasteiger charge is -2.16. The van der Waals surface area contributed by atoms with Crippen LogP contribution in [0.4, 0.5) is 5.13 Å². The first-order chi connectivity index (χ1) is 9.65. The number of aromatic nitrogens is 1. The van der Waals surface area contributed by atoms with E-state index in [1.807, 2.05) is 0 Å². The predicted octanol–water partition coefficient (Wildman–Crippen LogP) is 2.15. The average Bonchev–Trinajstić information content (AvgIpc) is 3.18. The zero-order chi connectivity index (χ0) is 14.1. The average molecular weight is 295 g/mol. The Bertz CT molecular complexity index is 499. The molecule has 2 aliphatic carbocycles. The summed E-state index contributed by atoms with van der Waals surface area (Å²) in [5.74, 6) is -1.14. The van der Waals surface area contributed by atoms with Crippen LogP contribution in [0.5, 0.6) is 0 Å². The number of fused-ring (bicyclic) bond motifs is 1. The summed E-state index contributed by atoms with van der Waals surface area (Å²) >= 11 is 1.63. The summed E-state index contributed by atoms with van der Waals surface area (Å²) in [7, 11) is 2.16. The summed E-state index contributed by atoms with van der Waals surface area (Å²) in [6.07, 6.45) is 5.29. The SMILES string of the molecule is CN(CCNc1nc2c(s1)CCCC2C(=O)O)C1CC1. The molecule has 20 heavy (non-hydrogen) atoms. The zero-order valence-corrected chi connectivity index (χ0v) is 12.6. The number of aryl methyl sites for hydroxylation is 1. The Hall–Kier alpha value is -1.14. The first-order valence-corrected chi connectivity index (χ1v) is 8.13. The van der Waals surface area contributed by atoms with E-state index in [0.717, 1.165) is 54.1 Å². The molecule has 1 aromatic heterocycles.